The standard InChI is InChI=1S/C22H30N2O4/c1-15-9-10-17-18(14-15)22(27)24(21(17)26)12-5-8-20(25)23-11-13-28-19-7-4-3-6-16(19)2/h9-10,14,16,19H,3-8,11-13H2,1-2H3,(H,23,25). The Balaban J connectivity index is 1.34. The molecule has 0 bridgehead atoms. The molecule has 1 N–H and O–H groups in total. The second-order valence-corrected chi connectivity index (χ2v) is 7.94. The third-order valence-corrected chi connectivity index (χ3v) is 5.70. The number of imide groups is 1. The molecule has 152 valence electrons. The van der Waals surface area contributed by atoms with Gasteiger partial charge >= 0.3 is 0 Å². The highest BCUT2D eigenvalue weighted by molar-refractivity contribution is 6.21. The van der Waals surface area contributed by atoms with Crippen LogP contribution in [0.1, 0.15) is 71.7 Å². The van der Waals surface area contributed by atoms with Crippen LogP contribution >= 0.6 is 0 Å². The van der Waals surface area contributed by atoms with Crippen molar-refractivity contribution >= 4 is 17.7 Å². The smallest absolute Gasteiger partial charge is 0.261 e. The summed E-state index contributed by atoms with van der Waals surface area (Å²) in [6.45, 7) is 5.40. The van der Waals surface area contributed by atoms with Crippen LogP contribution in [0.3, 0.4) is 0 Å². The van der Waals surface area contributed by atoms with Crippen molar-refractivity contribution in [2.75, 3.05) is 19.7 Å². The van der Waals surface area contributed by atoms with Crippen molar-refractivity contribution in [1.82, 2.24) is 10.2 Å². The summed E-state index contributed by atoms with van der Waals surface area (Å²) in [7, 11) is 0. The van der Waals surface area contributed by atoms with Crippen molar-refractivity contribution in [3.8, 4) is 0 Å². The highest BCUT2D eigenvalue weighted by atomic mass is 16.5. The van der Waals surface area contributed by atoms with Crippen LogP contribution in [-0.4, -0.2) is 48.4 Å². The first-order valence-corrected chi connectivity index (χ1v) is 10.3. The molecule has 1 aliphatic carbocycles. The summed E-state index contributed by atoms with van der Waals surface area (Å²) in [5.74, 6) is -0.0184. The van der Waals surface area contributed by atoms with E-state index < -0.39 is 0 Å². The predicted octanol–water partition coefficient (Wildman–Crippen LogP) is 3.08. The van der Waals surface area contributed by atoms with Crippen LogP contribution in [0.4, 0.5) is 0 Å². The van der Waals surface area contributed by atoms with Gasteiger partial charge in [0.05, 0.1) is 23.8 Å². The van der Waals surface area contributed by atoms with Crippen LogP contribution in [0.15, 0.2) is 18.2 Å². The number of carbonyl (C=O) groups excluding carboxylic acids is 3. The summed E-state index contributed by atoms with van der Waals surface area (Å²) in [4.78, 5) is 38.0. The summed E-state index contributed by atoms with van der Waals surface area (Å²) >= 11 is 0. The zero-order chi connectivity index (χ0) is 20.1. The van der Waals surface area contributed by atoms with E-state index in [1.165, 1.54) is 24.2 Å². The van der Waals surface area contributed by atoms with E-state index in [0.717, 1.165) is 12.0 Å². The molecular formula is C22H30N2O4. The van der Waals surface area contributed by atoms with Crippen LogP contribution in [-0.2, 0) is 9.53 Å². The number of ether oxygens (including phenoxy) is 1. The zero-order valence-electron chi connectivity index (χ0n) is 16.8. The summed E-state index contributed by atoms with van der Waals surface area (Å²) in [6.07, 6.45) is 5.87. The molecule has 6 nitrogen and oxygen atoms in total. The van der Waals surface area contributed by atoms with E-state index in [9.17, 15) is 14.4 Å². The molecule has 0 spiro atoms. The first-order chi connectivity index (χ1) is 13.5. The van der Waals surface area contributed by atoms with Crippen LogP contribution in [0.2, 0.25) is 0 Å². The molecule has 1 heterocycles. The number of hydrogen-bond donors (Lipinski definition) is 1. The van der Waals surface area contributed by atoms with Crippen LogP contribution in [0.5, 0.6) is 0 Å². The molecule has 2 atom stereocenters. The Kier molecular flexibility index (Phi) is 6.83. The molecule has 0 saturated heterocycles. The molecule has 28 heavy (non-hydrogen) atoms. The Morgan fingerprint density at radius 2 is 1.93 bits per heavy atom. The van der Waals surface area contributed by atoms with Gasteiger partial charge in [-0.2, -0.15) is 0 Å². The van der Waals surface area contributed by atoms with Crippen molar-refractivity contribution in [3.63, 3.8) is 0 Å². The fourth-order valence-corrected chi connectivity index (χ4v) is 4.02. The molecule has 2 aliphatic rings. The predicted molar refractivity (Wildman–Crippen MR) is 106 cm³/mol. The van der Waals surface area contributed by atoms with E-state index in [4.69, 9.17) is 4.74 Å². The van der Waals surface area contributed by atoms with Gasteiger partial charge < -0.3 is 10.1 Å². The summed E-state index contributed by atoms with van der Waals surface area (Å²) in [5.41, 5.74) is 1.86. The minimum atomic E-state index is -0.268. The highest BCUT2D eigenvalue weighted by Crippen LogP contribution is 2.26. The van der Waals surface area contributed by atoms with Gasteiger partial charge in [0.2, 0.25) is 5.91 Å². The quantitative estimate of drug-likeness (QED) is 0.550. The van der Waals surface area contributed by atoms with Crippen molar-refractivity contribution < 1.29 is 19.1 Å². The van der Waals surface area contributed by atoms with Crippen molar-refractivity contribution in [1.29, 1.82) is 0 Å². The van der Waals surface area contributed by atoms with E-state index in [-0.39, 0.29) is 30.7 Å². The van der Waals surface area contributed by atoms with E-state index in [2.05, 4.69) is 12.2 Å². The molecule has 6 heteroatoms. The van der Waals surface area contributed by atoms with Gasteiger partial charge in [-0.1, -0.05) is 31.4 Å². The Hall–Kier alpha value is -2.21. The molecule has 3 amide bonds. The van der Waals surface area contributed by atoms with Gasteiger partial charge in [0.15, 0.2) is 0 Å². The Morgan fingerprint density at radius 3 is 2.71 bits per heavy atom. The Bertz CT molecular complexity index is 746. The maximum Gasteiger partial charge on any atom is 0.261 e. The number of hydrogen-bond acceptors (Lipinski definition) is 4. The van der Waals surface area contributed by atoms with Crippen LogP contribution in [0, 0.1) is 12.8 Å². The molecule has 1 fully saturated rings. The van der Waals surface area contributed by atoms with Crippen molar-refractivity contribution in [3.05, 3.63) is 34.9 Å². The minimum absolute atomic E-state index is 0.0762. The fourth-order valence-electron chi connectivity index (χ4n) is 4.02. The Labute approximate surface area is 166 Å². The van der Waals surface area contributed by atoms with Crippen LogP contribution in [0.25, 0.3) is 0 Å². The maximum atomic E-state index is 12.4. The molecule has 3 rings (SSSR count). The average Bonchev–Trinajstić information content (AvgIpc) is 2.91. The lowest BCUT2D eigenvalue weighted by molar-refractivity contribution is -0.121. The number of nitrogens with zero attached hydrogens (tertiary/aromatic N) is 1. The van der Waals surface area contributed by atoms with Crippen molar-refractivity contribution in [2.45, 2.75) is 58.5 Å². The maximum absolute atomic E-state index is 12.4. The van der Waals surface area contributed by atoms with Gasteiger partial charge in [0, 0.05) is 19.5 Å². The fraction of sp³-hybridized carbons (Fsp3) is 0.591. The summed E-state index contributed by atoms with van der Waals surface area (Å²) < 4.78 is 5.89. The molecule has 0 radical (unpaired) electrons. The summed E-state index contributed by atoms with van der Waals surface area (Å²) in [6, 6.07) is 5.28. The lowest BCUT2D eigenvalue weighted by Crippen LogP contribution is -2.33. The third kappa shape index (κ3) is 4.79. The number of amides is 3. The monoisotopic (exact) mass is 386 g/mol. The number of aryl methyl sites for hydroxylation is 1. The lowest BCUT2D eigenvalue weighted by atomic mass is 9.88. The van der Waals surface area contributed by atoms with E-state index in [0.29, 0.717) is 42.7 Å². The second-order valence-electron chi connectivity index (χ2n) is 7.94. The number of fused-ring (bicyclic) bond motifs is 1. The van der Waals surface area contributed by atoms with E-state index >= 15 is 0 Å². The SMILES string of the molecule is Cc1ccc2c(c1)C(=O)N(CCCC(=O)NCCOC1CCCCC1C)C2=O. The Morgan fingerprint density at radius 1 is 1.18 bits per heavy atom. The van der Waals surface area contributed by atoms with Crippen LogP contribution < -0.4 is 5.32 Å². The summed E-state index contributed by atoms with van der Waals surface area (Å²) in [5, 5.41) is 2.86. The first kappa shape index (κ1) is 20.5. The van der Waals surface area contributed by atoms with E-state index in [1.54, 1.807) is 12.1 Å². The van der Waals surface area contributed by atoms with Gasteiger partial charge in [-0.05, 0) is 44.2 Å². The number of benzene rings is 1. The van der Waals surface area contributed by atoms with Gasteiger partial charge in [-0.25, -0.2) is 0 Å². The highest BCUT2D eigenvalue weighted by Gasteiger charge is 2.34. The first-order valence-electron chi connectivity index (χ1n) is 10.3. The minimum Gasteiger partial charge on any atom is -0.376 e. The average molecular weight is 386 g/mol. The molecular weight excluding hydrogens is 356 g/mol. The molecule has 1 aromatic rings. The largest absolute Gasteiger partial charge is 0.376 e. The molecule has 0 aromatic heterocycles. The number of rotatable bonds is 8. The van der Waals surface area contributed by atoms with Gasteiger partial charge in [-0.15, -0.1) is 0 Å². The number of nitrogens with one attached hydrogen (secondary N) is 1. The van der Waals surface area contributed by atoms with Gasteiger partial charge in [0.25, 0.3) is 11.8 Å². The second kappa shape index (κ2) is 9.32. The normalized spacial score (nSPS) is 21.7. The molecule has 2 unspecified atom stereocenters. The molecule has 1 aromatic carbocycles. The molecule has 1 aliphatic heterocycles. The molecule has 1 saturated carbocycles. The van der Waals surface area contributed by atoms with Gasteiger partial charge in [-0.3, -0.25) is 19.3 Å². The number of carbonyl (C=O) groups is 3. The van der Waals surface area contributed by atoms with Crippen molar-refractivity contribution in [2.24, 2.45) is 5.92 Å². The topological polar surface area (TPSA) is 75.7 Å². The zero-order valence-corrected chi connectivity index (χ0v) is 16.8. The third-order valence-electron chi connectivity index (χ3n) is 5.70. The van der Waals surface area contributed by atoms with E-state index in [1.807, 2.05) is 13.0 Å². The lowest BCUT2D eigenvalue weighted by Gasteiger charge is -2.28. The van der Waals surface area contributed by atoms with Gasteiger partial charge in [0.1, 0.15) is 0 Å².